The van der Waals surface area contributed by atoms with Gasteiger partial charge in [0.2, 0.25) is 15.9 Å². The standard InChI is InChI=1S/C22H23N3O4S/c1-29-20-12-10-19(11-13-20)25(15-17-6-3-2-4-7-17)16-22(26)24-18-8-5-9-21(14-18)30(23,27)28/h2-14H,15-16H2,1H3,(H,24,26)(H2,23,27,28). The highest BCUT2D eigenvalue weighted by Gasteiger charge is 2.14. The third kappa shape index (κ3) is 5.82. The van der Waals surface area contributed by atoms with Crippen molar-refractivity contribution >= 4 is 27.3 Å². The quantitative estimate of drug-likeness (QED) is 0.578. The Morgan fingerprint density at radius 2 is 1.70 bits per heavy atom. The van der Waals surface area contributed by atoms with E-state index in [-0.39, 0.29) is 17.3 Å². The molecule has 0 radical (unpaired) electrons. The number of nitrogens with one attached hydrogen (secondary N) is 1. The Kier molecular flexibility index (Phi) is 6.71. The van der Waals surface area contributed by atoms with Gasteiger partial charge in [0.05, 0.1) is 18.6 Å². The van der Waals surface area contributed by atoms with Crippen molar-refractivity contribution in [2.75, 3.05) is 23.9 Å². The van der Waals surface area contributed by atoms with E-state index in [1.54, 1.807) is 13.2 Å². The molecule has 0 aliphatic heterocycles. The van der Waals surface area contributed by atoms with Crippen LogP contribution in [0.15, 0.2) is 83.8 Å². The van der Waals surface area contributed by atoms with Crippen LogP contribution in [0.3, 0.4) is 0 Å². The number of methoxy groups -OCH3 is 1. The predicted octanol–water partition coefficient (Wildman–Crippen LogP) is 2.99. The molecule has 0 bridgehead atoms. The Balaban J connectivity index is 1.78. The Morgan fingerprint density at radius 3 is 2.33 bits per heavy atom. The number of hydrogen-bond donors (Lipinski definition) is 2. The van der Waals surface area contributed by atoms with Crippen molar-refractivity contribution in [2.24, 2.45) is 5.14 Å². The lowest BCUT2D eigenvalue weighted by atomic mass is 10.2. The monoisotopic (exact) mass is 425 g/mol. The van der Waals surface area contributed by atoms with E-state index in [0.29, 0.717) is 12.2 Å². The van der Waals surface area contributed by atoms with E-state index in [1.165, 1.54) is 18.2 Å². The van der Waals surface area contributed by atoms with Gasteiger partial charge in [0.1, 0.15) is 5.75 Å². The topological polar surface area (TPSA) is 102 Å². The van der Waals surface area contributed by atoms with Gasteiger partial charge in [0.15, 0.2) is 0 Å². The number of amides is 1. The number of anilines is 2. The molecule has 0 fully saturated rings. The summed E-state index contributed by atoms with van der Waals surface area (Å²) in [6.07, 6.45) is 0. The fraction of sp³-hybridized carbons (Fsp3) is 0.136. The van der Waals surface area contributed by atoms with Crippen LogP contribution in [0.25, 0.3) is 0 Å². The van der Waals surface area contributed by atoms with Gasteiger partial charge in [-0.2, -0.15) is 0 Å². The van der Waals surface area contributed by atoms with Gasteiger partial charge in [-0.25, -0.2) is 13.6 Å². The molecule has 3 rings (SSSR count). The maximum atomic E-state index is 12.7. The van der Waals surface area contributed by atoms with Crippen LogP contribution in [-0.4, -0.2) is 28.0 Å². The molecule has 0 unspecified atom stereocenters. The van der Waals surface area contributed by atoms with Crippen LogP contribution in [0.4, 0.5) is 11.4 Å². The van der Waals surface area contributed by atoms with Crippen LogP contribution in [0.1, 0.15) is 5.56 Å². The van der Waals surface area contributed by atoms with Crippen molar-refractivity contribution in [1.29, 1.82) is 0 Å². The van der Waals surface area contributed by atoms with Gasteiger partial charge >= 0.3 is 0 Å². The fourth-order valence-corrected chi connectivity index (χ4v) is 3.52. The third-order valence-electron chi connectivity index (χ3n) is 4.43. The van der Waals surface area contributed by atoms with E-state index in [1.807, 2.05) is 59.5 Å². The molecule has 8 heteroatoms. The third-order valence-corrected chi connectivity index (χ3v) is 5.35. The number of nitrogens with two attached hydrogens (primary N) is 1. The molecule has 0 atom stereocenters. The van der Waals surface area contributed by atoms with E-state index in [0.717, 1.165) is 17.0 Å². The average Bonchev–Trinajstić information content (AvgIpc) is 2.73. The van der Waals surface area contributed by atoms with Gasteiger partial charge in [0, 0.05) is 17.9 Å². The average molecular weight is 426 g/mol. The number of primary sulfonamides is 1. The molecule has 0 saturated carbocycles. The summed E-state index contributed by atoms with van der Waals surface area (Å²) in [5.74, 6) is 0.441. The first kappa shape index (κ1) is 21.4. The second-order valence-corrected chi connectivity index (χ2v) is 8.22. The lowest BCUT2D eigenvalue weighted by Gasteiger charge is -2.25. The van der Waals surface area contributed by atoms with Crippen molar-refractivity contribution in [3.63, 3.8) is 0 Å². The van der Waals surface area contributed by atoms with Crippen LogP contribution < -0.4 is 20.1 Å². The number of hydrogen-bond acceptors (Lipinski definition) is 5. The van der Waals surface area contributed by atoms with Crippen LogP contribution in [-0.2, 0) is 21.4 Å². The molecule has 0 aliphatic rings. The molecule has 0 aliphatic carbocycles. The van der Waals surface area contributed by atoms with Gasteiger partial charge in [-0.15, -0.1) is 0 Å². The smallest absolute Gasteiger partial charge is 0.243 e. The van der Waals surface area contributed by atoms with Crippen LogP contribution in [0.5, 0.6) is 5.75 Å². The number of ether oxygens (including phenoxy) is 1. The molecule has 3 N–H and O–H groups in total. The van der Waals surface area contributed by atoms with Gasteiger partial charge in [-0.05, 0) is 48.0 Å². The van der Waals surface area contributed by atoms with Crippen LogP contribution >= 0.6 is 0 Å². The van der Waals surface area contributed by atoms with E-state index < -0.39 is 10.0 Å². The molecule has 0 saturated heterocycles. The minimum atomic E-state index is -3.85. The van der Waals surface area contributed by atoms with Crippen molar-refractivity contribution in [1.82, 2.24) is 0 Å². The molecule has 30 heavy (non-hydrogen) atoms. The summed E-state index contributed by atoms with van der Waals surface area (Å²) in [7, 11) is -2.25. The zero-order valence-corrected chi connectivity index (χ0v) is 17.3. The molecule has 3 aromatic rings. The first-order valence-corrected chi connectivity index (χ1v) is 10.8. The van der Waals surface area contributed by atoms with Gasteiger partial charge in [-0.1, -0.05) is 36.4 Å². The largest absolute Gasteiger partial charge is 0.497 e. The van der Waals surface area contributed by atoms with Gasteiger partial charge < -0.3 is 15.0 Å². The number of rotatable bonds is 8. The fourth-order valence-electron chi connectivity index (χ4n) is 2.96. The Morgan fingerprint density at radius 1 is 1.00 bits per heavy atom. The summed E-state index contributed by atoms with van der Waals surface area (Å²) < 4.78 is 28.3. The molecule has 7 nitrogen and oxygen atoms in total. The van der Waals surface area contributed by atoms with Crippen molar-refractivity contribution < 1.29 is 17.9 Å². The van der Waals surface area contributed by atoms with Gasteiger partial charge in [0.25, 0.3) is 0 Å². The first-order chi connectivity index (χ1) is 14.3. The summed E-state index contributed by atoms with van der Waals surface area (Å²) in [6.45, 7) is 0.596. The molecule has 156 valence electrons. The highest BCUT2D eigenvalue weighted by atomic mass is 32.2. The van der Waals surface area contributed by atoms with Gasteiger partial charge in [-0.3, -0.25) is 4.79 Å². The highest BCUT2D eigenvalue weighted by Crippen LogP contribution is 2.21. The van der Waals surface area contributed by atoms with E-state index in [9.17, 15) is 13.2 Å². The van der Waals surface area contributed by atoms with Crippen molar-refractivity contribution in [2.45, 2.75) is 11.4 Å². The summed E-state index contributed by atoms with van der Waals surface area (Å²) in [5.41, 5.74) is 2.27. The second-order valence-electron chi connectivity index (χ2n) is 6.66. The van der Waals surface area contributed by atoms with Crippen LogP contribution in [0, 0.1) is 0 Å². The Bertz CT molecular complexity index is 1100. The Hall–Kier alpha value is -3.36. The van der Waals surface area contributed by atoms with E-state index in [4.69, 9.17) is 9.88 Å². The SMILES string of the molecule is COc1ccc(N(CC(=O)Nc2cccc(S(N)(=O)=O)c2)Cc2ccccc2)cc1. The molecule has 0 heterocycles. The lowest BCUT2D eigenvalue weighted by molar-refractivity contribution is -0.115. The first-order valence-electron chi connectivity index (χ1n) is 9.21. The molecule has 0 spiro atoms. The number of sulfonamides is 1. The number of nitrogens with zero attached hydrogens (tertiary/aromatic N) is 1. The summed E-state index contributed by atoms with van der Waals surface area (Å²) in [6, 6.07) is 23.1. The summed E-state index contributed by atoms with van der Waals surface area (Å²) >= 11 is 0. The van der Waals surface area contributed by atoms with Crippen molar-refractivity contribution in [3.8, 4) is 5.75 Å². The maximum Gasteiger partial charge on any atom is 0.243 e. The zero-order valence-electron chi connectivity index (χ0n) is 16.5. The number of carbonyl (C=O) groups is 1. The highest BCUT2D eigenvalue weighted by molar-refractivity contribution is 7.89. The maximum absolute atomic E-state index is 12.7. The summed E-state index contributed by atoms with van der Waals surface area (Å²) in [5, 5.41) is 7.90. The lowest BCUT2D eigenvalue weighted by Crippen LogP contribution is -2.33. The molecular weight excluding hydrogens is 402 g/mol. The predicted molar refractivity (Wildman–Crippen MR) is 117 cm³/mol. The second kappa shape index (κ2) is 9.43. The molecule has 3 aromatic carbocycles. The van der Waals surface area contributed by atoms with E-state index >= 15 is 0 Å². The molecule has 1 amide bonds. The van der Waals surface area contributed by atoms with Crippen molar-refractivity contribution in [3.05, 3.63) is 84.4 Å². The normalized spacial score (nSPS) is 11.0. The van der Waals surface area contributed by atoms with Crippen LogP contribution in [0.2, 0.25) is 0 Å². The number of carbonyl (C=O) groups excluding carboxylic acids is 1. The summed E-state index contributed by atoms with van der Waals surface area (Å²) in [4.78, 5) is 14.6. The minimum Gasteiger partial charge on any atom is -0.497 e. The Labute approximate surface area is 176 Å². The molecule has 0 aromatic heterocycles. The molecular formula is C22H23N3O4S. The zero-order chi connectivity index (χ0) is 21.6. The number of benzene rings is 3. The van der Waals surface area contributed by atoms with E-state index in [2.05, 4.69) is 5.32 Å². The minimum absolute atomic E-state index is 0.0587.